The van der Waals surface area contributed by atoms with E-state index in [1.54, 1.807) is 20.2 Å². The molecule has 0 spiro atoms. The van der Waals surface area contributed by atoms with Crippen LogP contribution < -0.4 is 0 Å². The first-order valence-corrected chi connectivity index (χ1v) is 9.14. The average molecular weight is 413 g/mol. The fourth-order valence-corrected chi connectivity index (χ4v) is 3.34. The molecule has 0 unspecified atom stereocenters. The van der Waals surface area contributed by atoms with Crippen molar-refractivity contribution in [1.82, 2.24) is 9.80 Å². The molecule has 1 amide bonds. The van der Waals surface area contributed by atoms with E-state index in [9.17, 15) is 29.2 Å². The highest BCUT2D eigenvalue weighted by Gasteiger charge is 2.46. The maximum absolute atomic E-state index is 13.3. The molecular formula is C21H20FN3O5. The Hall–Kier alpha value is -3.59. The number of likely N-dealkylation sites (N-methyl/N-ethyl adjacent to an activating group) is 1. The van der Waals surface area contributed by atoms with E-state index in [2.05, 4.69) is 0 Å². The minimum absolute atomic E-state index is 0.164. The molecule has 0 bridgehead atoms. The summed E-state index contributed by atoms with van der Waals surface area (Å²) in [6, 6.07) is 9.42. The molecule has 9 heteroatoms. The van der Waals surface area contributed by atoms with E-state index < -0.39 is 34.2 Å². The van der Waals surface area contributed by atoms with Crippen molar-refractivity contribution in [2.24, 2.45) is 0 Å². The van der Waals surface area contributed by atoms with E-state index in [-0.39, 0.29) is 23.4 Å². The van der Waals surface area contributed by atoms with Crippen LogP contribution in [0.1, 0.15) is 17.2 Å². The number of likely N-dealkylation sites (tertiary alicyclic amines) is 1. The van der Waals surface area contributed by atoms with Crippen LogP contribution in [0.4, 0.5) is 10.1 Å². The smallest absolute Gasteiger partial charge is 0.295 e. The Morgan fingerprint density at radius 3 is 2.47 bits per heavy atom. The minimum Gasteiger partial charge on any atom is -0.507 e. The van der Waals surface area contributed by atoms with Gasteiger partial charge in [0.25, 0.3) is 17.4 Å². The topological polar surface area (TPSA) is 104 Å². The van der Waals surface area contributed by atoms with Crippen LogP contribution >= 0.6 is 0 Å². The molecule has 2 aromatic carbocycles. The molecule has 1 aliphatic heterocycles. The monoisotopic (exact) mass is 413 g/mol. The Labute approximate surface area is 172 Å². The van der Waals surface area contributed by atoms with Gasteiger partial charge < -0.3 is 14.9 Å². The molecular weight excluding hydrogens is 393 g/mol. The summed E-state index contributed by atoms with van der Waals surface area (Å²) in [5.74, 6) is -2.69. The Kier molecular flexibility index (Phi) is 5.93. The summed E-state index contributed by atoms with van der Waals surface area (Å²) < 4.78 is 13.3. The normalized spacial score (nSPS) is 18.3. The average Bonchev–Trinajstić information content (AvgIpc) is 2.97. The van der Waals surface area contributed by atoms with Gasteiger partial charge in [-0.25, -0.2) is 4.39 Å². The van der Waals surface area contributed by atoms with Crippen LogP contribution in [0, 0.1) is 15.9 Å². The second-order valence-corrected chi connectivity index (χ2v) is 7.15. The first kappa shape index (κ1) is 21.1. The predicted molar refractivity (Wildman–Crippen MR) is 107 cm³/mol. The van der Waals surface area contributed by atoms with Crippen molar-refractivity contribution in [3.05, 3.63) is 81.2 Å². The van der Waals surface area contributed by atoms with Crippen LogP contribution in [-0.2, 0) is 9.59 Å². The third-order valence-corrected chi connectivity index (χ3v) is 4.84. The van der Waals surface area contributed by atoms with Crippen molar-refractivity contribution in [3.8, 4) is 0 Å². The fourth-order valence-electron chi connectivity index (χ4n) is 3.34. The summed E-state index contributed by atoms with van der Waals surface area (Å²) in [7, 11) is 3.61. The van der Waals surface area contributed by atoms with Crippen molar-refractivity contribution in [1.29, 1.82) is 0 Å². The molecule has 1 fully saturated rings. The lowest BCUT2D eigenvalue weighted by molar-refractivity contribution is -0.384. The molecule has 2 aromatic rings. The van der Waals surface area contributed by atoms with Crippen molar-refractivity contribution in [2.75, 3.05) is 27.2 Å². The highest BCUT2D eigenvalue weighted by molar-refractivity contribution is 6.46. The third kappa shape index (κ3) is 4.06. The van der Waals surface area contributed by atoms with Crippen LogP contribution in [-0.4, -0.2) is 58.7 Å². The first-order valence-electron chi connectivity index (χ1n) is 9.14. The van der Waals surface area contributed by atoms with Crippen LogP contribution in [0.15, 0.2) is 54.1 Å². The standard InChI is InChI=1S/C21H20FN3O5/c1-23(2)10-11-24-18(14-4-3-5-16(12-14)25(29)30)17(20(27)21(24)28)19(26)13-6-8-15(22)9-7-13/h3-9,12,18,26H,10-11H2,1-2H3/b19-17+/t18-/m0/s1. The minimum atomic E-state index is -1.00. The van der Waals surface area contributed by atoms with E-state index in [1.807, 2.05) is 4.90 Å². The number of ketones is 1. The van der Waals surface area contributed by atoms with Gasteiger partial charge in [0.2, 0.25) is 0 Å². The zero-order chi connectivity index (χ0) is 22.0. The maximum atomic E-state index is 13.3. The number of aliphatic hydroxyl groups excluding tert-OH is 1. The number of hydrogen-bond acceptors (Lipinski definition) is 6. The number of rotatable bonds is 6. The molecule has 0 aromatic heterocycles. The number of amides is 1. The van der Waals surface area contributed by atoms with Gasteiger partial charge in [-0.2, -0.15) is 0 Å². The molecule has 8 nitrogen and oxygen atoms in total. The zero-order valence-electron chi connectivity index (χ0n) is 16.4. The molecule has 1 N–H and O–H groups in total. The Bertz CT molecular complexity index is 1030. The number of carbonyl (C=O) groups is 2. The van der Waals surface area contributed by atoms with Gasteiger partial charge in [0.15, 0.2) is 0 Å². The van der Waals surface area contributed by atoms with Gasteiger partial charge in [0.05, 0.1) is 16.5 Å². The van der Waals surface area contributed by atoms with Gasteiger partial charge in [0, 0.05) is 30.8 Å². The van der Waals surface area contributed by atoms with Crippen molar-refractivity contribution < 1.29 is 24.0 Å². The molecule has 30 heavy (non-hydrogen) atoms. The predicted octanol–water partition coefficient (Wildman–Crippen LogP) is 2.72. The summed E-state index contributed by atoms with van der Waals surface area (Å²) >= 11 is 0. The number of aliphatic hydroxyl groups is 1. The number of carbonyl (C=O) groups excluding carboxylic acids is 2. The number of nitro groups is 1. The number of nitro benzene ring substituents is 1. The quantitative estimate of drug-likeness (QED) is 0.257. The highest BCUT2D eigenvalue weighted by Crippen LogP contribution is 2.40. The molecule has 1 aliphatic rings. The largest absolute Gasteiger partial charge is 0.507 e. The number of hydrogen-bond donors (Lipinski definition) is 1. The molecule has 3 rings (SSSR count). The molecule has 156 valence electrons. The maximum Gasteiger partial charge on any atom is 0.295 e. The van der Waals surface area contributed by atoms with Crippen LogP contribution in [0.3, 0.4) is 0 Å². The van der Waals surface area contributed by atoms with E-state index in [1.165, 1.54) is 35.2 Å². The van der Waals surface area contributed by atoms with E-state index in [4.69, 9.17) is 0 Å². The lowest BCUT2D eigenvalue weighted by Gasteiger charge is -2.26. The summed E-state index contributed by atoms with van der Waals surface area (Å²) in [4.78, 5) is 39.3. The van der Waals surface area contributed by atoms with Crippen LogP contribution in [0.25, 0.3) is 5.76 Å². The van der Waals surface area contributed by atoms with Crippen molar-refractivity contribution in [3.63, 3.8) is 0 Å². The van der Waals surface area contributed by atoms with Gasteiger partial charge in [-0.3, -0.25) is 19.7 Å². The van der Waals surface area contributed by atoms with E-state index >= 15 is 0 Å². The summed E-state index contributed by atoms with van der Waals surface area (Å²) in [6.45, 7) is 0.611. The molecule has 0 radical (unpaired) electrons. The van der Waals surface area contributed by atoms with Gasteiger partial charge in [-0.1, -0.05) is 12.1 Å². The molecule has 0 aliphatic carbocycles. The lowest BCUT2D eigenvalue weighted by Crippen LogP contribution is -2.35. The highest BCUT2D eigenvalue weighted by atomic mass is 19.1. The number of nitrogens with zero attached hydrogens (tertiary/aromatic N) is 3. The lowest BCUT2D eigenvalue weighted by atomic mass is 9.95. The Morgan fingerprint density at radius 1 is 1.20 bits per heavy atom. The summed E-state index contributed by atoms with van der Waals surface area (Å²) in [6.07, 6.45) is 0. The van der Waals surface area contributed by atoms with Crippen molar-refractivity contribution >= 4 is 23.1 Å². The zero-order valence-corrected chi connectivity index (χ0v) is 16.4. The van der Waals surface area contributed by atoms with Crippen LogP contribution in [0.2, 0.25) is 0 Å². The molecule has 1 atom stereocenters. The van der Waals surface area contributed by atoms with Crippen LogP contribution in [0.5, 0.6) is 0 Å². The summed E-state index contributed by atoms with van der Waals surface area (Å²) in [5, 5.41) is 22.0. The Balaban J connectivity index is 2.17. The van der Waals surface area contributed by atoms with Crippen molar-refractivity contribution in [2.45, 2.75) is 6.04 Å². The second-order valence-electron chi connectivity index (χ2n) is 7.15. The SMILES string of the molecule is CN(C)CCN1C(=O)C(=O)/C(=C(/O)c2ccc(F)cc2)[C@@H]1c1cccc([N+](=O)[O-])c1. The number of benzene rings is 2. The van der Waals surface area contributed by atoms with Gasteiger partial charge in [-0.15, -0.1) is 0 Å². The number of non-ortho nitro benzene ring substituents is 1. The Morgan fingerprint density at radius 2 is 1.87 bits per heavy atom. The molecule has 0 saturated carbocycles. The number of Topliss-reactive ketones (excluding diaryl/α,β-unsaturated/α-hetero) is 1. The van der Waals surface area contributed by atoms with Gasteiger partial charge >= 0.3 is 0 Å². The third-order valence-electron chi connectivity index (χ3n) is 4.84. The second kappa shape index (κ2) is 8.42. The molecule has 1 heterocycles. The fraction of sp³-hybridized carbons (Fsp3) is 0.238. The van der Waals surface area contributed by atoms with Gasteiger partial charge in [0.1, 0.15) is 11.6 Å². The van der Waals surface area contributed by atoms with Gasteiger partial charge in [-0.05, 0) is 43.9 Å². The van der Waals surface area contributed by atoms with E-state index in [0.29, 0.717) is 12.1 Å². The van der Waals surface area contributed by atoms with E-state index in [0.717, 1.165) is 12.1 Å². The summed E-state index contributed by atoms with van der Waals surface area (Å²) in [5.41, 5.74) is 0.0987. The number of halogens is 1. The molecule has 1 saturated heterocycles. The first-order chi connectivity index (χ1) is 14.2.